The molecule has 0 unspecified atom stereocenters. The van der Waals surface area contributed by atoms with E-state index < -0.39 is 10.0 Å². The van der Waals surface area contributed by atoms with Gasteiger partial charge in [-0.1, -0.05) is 24.3 Å². The van der Waals surface area contributed by atoms with Crippen LogP contribution in [-0.4, -0.2) is 73.0 Å². The van der Waals surface area contributed by atoms with Gasteiger partial charge in [0.05, 0.1) is 16.0 Å². The number of rotatable bonds is 6. The molecule has 0 radical (unpaired) electrons. The van der Waals surface area contributed by atoms with Crippen molar-refractivity contribution >= 4 is 27.7 Å². The highest BCUT2D eigenvalue weighted by Crippen LogP contribution is 2.24. The summed E-state index contributed by atoms with van der Waals surface area (Å²) < 4.78 is 27.6. The minimum atomic E-state index is -3.62. The van der Waals surface area contributed by atoms with Gasteiger partial charge in [0.15, 0.2) is 0 Å². The highest BCUT2D eigenvalue weighted by atomic mass is 32.2. The van der Waals surface area contributed by atoms with Crippen LogP contribution in [0.25, 0.3) is 0 Å². The molecule has 8 nitrogen and oxygen atoms in total. The minimum absolute atomic E-state index is 0.101. The predicted octanol–water partition coefficient (Wildman–Crippen LogP) is 2.21. The molecule has 2 heterocycles. The van der Waals surface area contributed by atoms with Crippen LogP contribution >= 0.6 is 0 Å². The fourth-order valence-electron chi connectivity index (χ4n) is 4.29. The molecule has 4 rings (SSSR count). The van der Waals surface area contributed by atoms with Crippen LogP contribution in [-0.2, 0) is 14.8 Å². The molecule has 0 saturated carbocycles. The predicted molar refractivity (Wildman–Crippen MR) is 122 cm³/mol. The minimum Gasteiger partial charge on any atom is -0.340 e. The number of sulfonamides is 1. The van der Waals surface area contributed by atoms with Crippen molar-refractivity contribution in [3.8, 4) is 0 Å². The second kappa shape index (κ2) is 9.07. The van der Waals surface area contributed by atoms with E-state index in [1.165, 1.54) is 9.21 Å². The van der Waals surface area contributed by atoms with Crippen LogP contribution in [0, 0.1) is 13.8 Å². The van der Waals surface area contributed by atoms with Crippen LogP contribution in [0.4, 0.5) is 0 Å². The molecule has 0 spiro atoms. The van der Waals surface area contributed by atoms with Crippen molar-refractivity contribution in [2.75, 3.05) is 32.7 Å². The van der Waals surface area contributed by atoms with E-state index in [0.717, 1.165) is 5.56 Å². The summed E-state index contributed by atoms with van der Waals surface area (Å²) in [5.74, 6) is -0.753. The molecule has 9 heteroatoms. The van der Waals surface area contributed by atoms with Gasteiger partial charge in [0.2, 0.25) is 15.9 Å². The molecular weight excluding hydrogens is 442 g/mol. The normalized spacial score (nSPS) is 16.9. The molecule has 2 aliphatic rings. The summed E-state index contributed by atoms with van der Waals surface area (Å²) in [4.78, 5) is 40.6. The van der Waals surface area contributed by atoms with Crippen molar-refractivity contribution in [1.82, 2.24) is 14.1 Å². The number of hydrogen-bond acceptors (Lipinski definition) is 5. The highest BCUT2D eigenvalue weighted by Gasteiger charge is 2.35. The zero-order valence-corrected chi connectivity index (χ0v) is 19.6. The summed E-state index contributed by atoms with van der Waals surface area (Å²) in [5.41, 5.74) is 2.38. The number of aryl methyl sites for hydroxylation is 2. The first-order valence-electron chi connectivity index (χ1n) is 11.0. The summed E-state index contributed by atoms with van der Waals surface area (Å²) in [6, 6.07) is 12.1. The summed E-state index contributed by atoms with van der Waals surface area (Å²) in [5, 5.41) is 0. The molecule has 0 atom stereocenters. The maximum atomic E-state index is 13.1. The SMILES string of the molecule is Cc1ccc(C)c(S(=O)(=O)N2CCN(C(=O)CCCN3C(=O)c4ccccc4C3=O)CC2)c1. The number of amides is 3. The maximum Gasteiger partial charge on any atom is 0.261 e. The van der Waals surface area contributed by atoms with Crippen molar-refractivity contribution in [1.29, 1.82) is 0 Å². The van der Waals surface area contributed by atoms with Crippen LogP contribution in [0.1, 0.15) is 44.7 Å². The molecule has 1 saturated heterocycles. The zero-order chi connectivity index (χ0) is 23.8. The lowest BCUT2D eigenvalue weighted by Crippen LogP contribution is -2.50. The number of benzene rings is 2. The van der Waals surface area contributed by atoms with E-state index in [0.29, 0.717) is 41.1 Å². The number of nitrogens with zero attached hydrogens (tertiary/aromatic N) is 3. The Labute approximate surface area is 193 Å². The monoisotopic (exact) mass is 469 g/mol. The van der Waals surface area contributed by atoms with Crippen LogP contribution in [0.15, 0.2) is 47.4 Å². The third kappa shape index (κ3) is 4.43. The van der Waals surface area contributed by atoms with Crippen molar-refractivity contribution in [3.05, 3.63) is 64.7 Å². The Morgan fingerprint density at radius 3 is 2.12 bits per heavy atom. The summed E-state index contributed by atoms with van der Waals surface area (Å²) in [7, 11) is -3.62. The lowest BCUT2D eigenvalue weighted by molar-refractivity contribution is -0.132. The summed E-state index contributed by atoms with van der Waals surface area (Å²) >= 11 is 0. The summed E-state index contributed by atoms with van der Waals surface area (Å²) in [6.07, 6.45) is 0.558. The standard InChI is InChI=1S/C24H27N3O5S/c1-17-9-10-18(2)21(16-17)33(31,32)26-14-12-25(13-15-26)22(28)8-5-11-27-23(29)19-6-3-4-7-20(19)24(27)30/h3-4,6-7,9-10,16H,5,8,11-15H2,1-2H3. The number of fused-ring (bicyclic) bond motifs is 1. The van der Waals surface area contributed by atoms with Gasteiger partial charge in [-0.3, -0.25) is 19.3 Å². The molecule has 0 aromatic heterocycles. The van der Waals surface area contributed by atoms with Crippen LogP contribution < -0.4 is 0 Å². The van der Waals surface area contributed by atoms with E-state index in [1.54, 1.807) is 48.2 Å². The van der Waals surface area contributed by atoms with Gasteiger partial charge in [-0.2, -0.15) is 4.31 Å². The van der Waals surface area contributed by atoms with Crippen LogP contribution in [0.5, 0.6) is 0 Å². The average molecular weight is 470 g/mol. The number of imide groups is 1. The first kappa shape index (κ1) is 23.1. The molecule has 2 aromatic rings. The van der Waals surface area contributed by atoms with Gasteiger partial charge in [0.1, 0.15) is 0 Å². The van der Waals surface area contributed by atoms with Gasteiger partial charge < -0.3 is 4.90 Å². The van der Waals surface area contributed by atoms with Crippen LogP contribution in [0.2, 0.25) is 0 Å². The lowest BCUT2D eigenvalue weighted by atomic mass is 10.1. The Kier molecular flexibility index (Phi) is 6.36. The second-order valence-corrected chi connectivity index (χ2v) is 10.4. The van der Waals surface area contributed by atoms with Crippen LogP contribution in [0.3, 0.4) is 0 Å². The average Bonchev–Trinajstić information content (AvgIpc) is 3.05. The smallest absolute Gasteiger partial charge is 0.261 e. The molecule has 2 aliphatic heterocycles. The lowest BCUT2D eigenvalue weighted by Gasteiger charge is -2.34. The van der Waals surface area contributed by atoms with Gasteiger partial charge in [-0.25, -0.2) is 8.42 Å². The van der Waals surface area contributed by atoms with E-state index in [4.69, 9.17) is 0 Å². The Balaban J connectivity index is 1.29. The molecule has 3 amide bonds. The molecule has 0 N–H and O–H groups in total. The fraction of sp³-hybridized carbons (Fsp3) is 0.375. The molecular formula is C24H27N3O5S. The number of carbonyl (C=O) groups excluding carboxylic acids is 3. The van der Waals surface area contributed by atoms with Gasteiger partial charge >= 0.3 is 0 Å². The van der Waals surface area contributed by atoms with E-state index in [9.17, 15) is 22.8 Å². The first-order valence-corrected chi connectivity index (χ1v) is 12.4. The number of hydrogen-bond donors (Lipinski definition) is 0. The van der Waals surface area contributed by atoms with Gasteiger partial charge in [0.25, 0.3) is 11.8 Å². The largest absolute Gasteiger partial charge is 0.340 e. The quantitative estimate of drug-likeness (QED) is 0.605. The maximum absolute atomic E-state index is 13.1. The van der Waals surface area contributed by atoms with E-state index in [1.807, 2.05) is 13.0 Å². The van der Waals surface area contributed by atoms with E-state index in [2.05, 4.69) is 0 Å². The topological polar surface area (TPSA) is 95.1 Å². The van der Waals surface area contributed by atoms with E-state index >= 15 is 0 Å². The zero-order valence-electron chi connectivity index (χ0n) is 18.8. The third-order valence-corrected chi connectivity index (χ3v) is 8.24. The van der Waals surface area contributed by atoms with Gasteiger partial charge in [-0.05, 0) is 49.6 Å². The Hall–Kier alpha value is -3.04. The van der Waals surface area contributed by atoms with Crippen molar-refractivity contribution in [2.45, 2.75) is 31.6 Å². The first-order chi connectivity index (χ1) is 15.7. The fourth-order valence-corrected chi connectivity index (χ4v) is 6.02. The number of piperazine rings is 1. The Morgan fingerprint density at radius 2 is 1.52 bits per heavy atom. The van der Waals surface area contributed by atoms with Gasteiger partial charge in [0, 0.05) is 39.1 Å². The molecule has 0 aliphatic carbocycles. The Bertz CT molecular complexity index is 1180. The van der Waals surface area contributed by atoms with E-state index in [-0.39, 0.29) is 43.8 Å². The molecule has 33 heavy (non-hydrogen) atoms. The van der Waals surface area contributed by atoms with Crippen molar-refractivity contribution in [3.63, 3.8) is 0 Å². The number of carbonyl (C=O) groups is 3. The molecule has 2 aromatic carbocycles. The Morgan fingerprint density at radius 1 is 0.909 bits per heavy atom. The summed E-state index contributed by atoms with van der Waals surface area (Å²) in [6.45, 7) is 4.92. The molecule has 174 valence electrons. The molecule has 0 bridgehead atoms. The van der Waals surface area contributed by atoms with Crippen molar-refractivity contribution < 1.29 is 22.8 Å². The third-order valence-electron chi connectivity index (χ3n) is 6.20. The van der Waals surface area contributed by atoms with Gasteiger partial charge in [-0.15, -0.1) is 0 Å². The molecule has 1 fully saturated rings. The van der Waals surface area contributed by atoms with Crippen molar-refractivity contribution in [2.24, 2.45) is 0 Å². The highest BCUT2D eigenvalue weighted by molar-refractivity contribution is 7.89. The second-order valence-electron chi connectivity index (χ2n) is 8.46.